The van der Waals surface area contributed by atoms with Crippen LogP contribution in [0, 0.1) is 5.41 Å². The fourth-order valence-electron chi connectivity index (χ4n) is 0.878. The Kier molecular flexibility index (Phi) is 5.71. The van der Waals surface area contributed by atoms with E-state index in [0.29, 0.717) is 0 Å². The van der Waals surface area contributed by atoms with Crippen molar-refractivity contribution in [2.45, 2.75) is 25.8 Å². The van der Waals surface area contributed by atoms with Crippen molar-refractivity contribution in [3.8, 4) is 0 Å². The molecule has 66 valence electrons. The van der Waals surface area contributed by atoms with Crippen molar-refractivity contribution < 1.29 is 1.43 Å². The van der Waals surface area contributed by atoms with Gasteiger partial charge in [0.15, 0.2) is 0 Å². The first-order valence-electron chi connectivity index (χ1n) is 3.93. The molecule has 3 heteroatoms. The van der Waals surface area contributed by atoms with Crippen LogP contribution in [0.25, 0.3) is 0 Å². The molecule has 0 aliphatic carbocycles. The Hall–Kier alpha value is -0.660. The molecule has 0 amide bonds. The lowest BCUT2D eigenvalue weighted by molar-refractivity contribution is 0.388. The lowest BCUT2D eigenvalue weighted by Gasteiger charge is -2.09. The van der Waals surface area contributed by atoms with E-state index >= 15 is 0 Å². The van der Waals surface area contributed by atoms with Gasteiger partial charge in [-0.2, -0.15) is 0 Å². The zero-order valence-electron chi connectivity index (χ0n) is 7.59. The zero-order chi connectivity index (χ0) is 8.69. The summed E-state index contributed by atoms with van der Waals surface area (Å²) < 4.78 is 0. The molecular formula is C8H19N3. The molecule has 11 heavy (non-hydrogen) atoms. The van der Waals surface area contributed by atoms with E-state index in [9.17, 15) is 0 Å². The van der Waals surface area contributed by atoms with Crippen LogP contribution in [-0.4, -0.2) is 37.6 Å². The van der Waals surface area contributed by atoms with E-state index in [1.807, 2.05) is 6.92 Å². The second-order valence-electron chi connectivity index (χ2n) is 3.04. The lowest BCUT2D eigenvalue weighted by Crippen LogP contribution is -2.14. The second kappa shape index (κ2) is 6.08. The molecular weight excluding hydrogens is 138 g/mol. The average molecular weight is 157 g/mol. The first kappa shape index (κ1) is 10.3. The van der Waals surface area contributed by atoms with Gasteiger partial charge in [-0.15, -0.1) is 0 Å². The first-order valence-corrected chi connectivity index (χ1v) is 3.93. The third kappa shape index (κ3) is 7.23. The summed E-state index contributed by atoms with van der Waals surface area (Å²) in [6.07, 6.45) is 2.18. The molecule has 0 aromatic heterocycles. The van der Waals surface area contributed by atoms with Gasteiger partial charge in [0.2, 0.25) is 0 Å². The van der Waals surface area contributed by atoms with E-state index in [4.69, 9.17) is 5.41 Å². The molecule has 0 saturated heterocycles. The lowest BCUT2D eigenvalue weighted by atomic mass is 10.2. The average Bonchev–Trinajstić information content (AvgIpc) is 1.87. The fourth-order valence-corrected chi connectivity index (χ4v) is 0.878. The molecule has 0 saturated carbocycles. The number of hydrogen-bond donors (Lipinski definition) is 1. The molecule has 1 unspecified atom stereocenters. The maximum atomic E-state index is 6.63. The van der Waals surface area contributed by atoms with Crippen LogP contribution in [-0.2, 0) is 0 Å². The largest absolute Gasteiger partial charge is 0.309 e. The number of nitrogens with one attached hydrogen (secondary N) is 1. The van der Waals surface area contributed by atoms with Crippen LogP contribution in [0.3, 0.4) is 0 Å². The third-order valence-corrected chi connectivity index (χ3v) is 1.51. The molecule has 3 nitrogen and oxygen atoms in total. The summed E-state index contributed by atoms with van der Waals surface area (Å²) in [5, 5.41) is 6.63. The van der Waals surface area contributed by atoms with Gasteiger partial charge in [-0.1, -0.05) is 0 Å². The van der Waals surface area contributed by atoms with Crippen LogP contribution in [0.1, 0.15) is 21.2 Å². The monoisotopic (exact) mass is 157 g/mol. The highest BCUT2D eigenvalue weighted by Gasteiger charge is 1.97. The molecule has 0 rings (SSSR count). The standard InChI is InChI=1S/C8H17N3.H2/c1-8(10-7-9)5-4-6-11(2)3;/h8-9H,4-6H2,1-3H3;1H. The van der Waals surface area contributed by atoms with Crippen LogP contribution >= 0.6 is 0 Å². The Labute approximate surface area is 70.1 Å². The van der Waals surface area contributed by atoms with Crippen molar-refractivity contribution in [3.05, 3.63) is 0 Å². The minimum Gasteiger partial charge on any atom is -0.309 e. The summed E-state index contributed by atoms with van der Waals surface area (Å²) >= 11 is 0. The Balaban J connectivity index is 0. The molecule has 0 fully saturated rings. The molecule has 0 aromatic carbocycles. The van der Waals surface area contributed by atoms with Gasteiger partial charge in [0, 0.05) is 1.43 Å². The zero-order valence-corrected chi connectivity index (χ0v) is 7.59. The summed E-state index contributed by atoms with van der Waals surface area (Å²) in [4.78, 5) is 5.97. The molecule has 0 aromatic rings. The van der Waals surface area contributed by atoms with Gasteiger partial charge in [0.25, 0.3) is 0 Å². The number of rotatable bonds is 5. The van der Waals surface area contributed by atoms with Crippen LogP contribution in [0.4, 0.5) is 0 Å². The highest BCUT2D eigenvalue weighted by molar-refractivity contribution is 5.36. The summed E-state index contributed by atoms with van der Waals surface area (Å²) in [6.45, 7) is 3.11. The molecule has 0 aliphatic rings. The highest BCUT2D eigenvalue weighted by Crippen LogP contribution is 1.99. The minimum absolute atomic E-state index is 0. The van der Waals surface area contributed by atoms with Crippen molar-refractivity contribution in [2.75, 3.05) is 20.6 Å². The van der Waals surface area contributed by atoms with Gasteiger partial charge in [-0.3, -0.25) is 0 Å². The smallest absolute Gasteiger partial charge is 0.0864 e. The second-order valence-corrected chi connectivity index (χ2v) is 3.04. The maximum Gasteiger partial charge on any atom is 0.0864 e. The van der Waals surface area contributed by atoms with Crippen molar-refractivity contribution in [1.29, 1.82) is 5.41 Å². The van der Waals surface area contributed by atoms with Crippen LogP contribution in [0.15, 0.2) is 4.99 Å². The van der Waals surface area contributed by atoms with Crippen LogP contribution < -0.4 is 0 Å². The summed E-state index contributed by atoms with van der Waals surface area (Å²) in [5.41, 5.74) is 0. The molecule has 0 aliphatic heterocycles. The maximum absolute atomic E-state index is 6.63. The Morgan fingerprint density at radius 2 is 2.27 bits per heavy atom. The van der Waals surface area contributed by atoms with E-state index in [-0.39, 0.29) is 7.47 Å². The van der Waals surface area contributed by atoms with E-state index in [1.54, 1.807) is 0 Å². The Morgan fingerprint density at radius 1 is 1.64 bits per heavy atom. The number of aliphatic imine (C=N–C) groups is 1. The normalized spacial score (nSPS) is 12.7. The van der Waals surface area contributed by atoms with E-state index in [0.717, 1.165) is 19.4 Å². The topological polar surface area (TPSA) is 39.5 Å². The van der Waals surface area contributed by atoms with Crippen LogP contribution in [0.2, 0.25) is 0 Å². The molecule has 0 radical (unpaired) electrons. The molecule has 0 bridgehead atoms. The summed E-state index contributed by atoms with van der Waals surface area (Å²) in [7, 11) is 4.12. The van der Waals surface area contributed by atoms with Gasteiger partial charge in [0.05, 0.1) is 12.1 Å². The minimum atomic E-state index is 0. The number of nitrogens with zero attached hydrogens (tertiary/aromatic N) is 2. The van der Waals surface area contributed by atoms with Crippen molar-refractivity contribution in [2.24, 2.45) is 4.99 Å². The Morgan fingerprint density at radius 3 is 2.73 bits per heavy atom. The van der Waals surface area contributed by atoms with Gasteiger partial charge >= 0.3 is 0 Å². The highest BCUT2D eigenvalue weighted by atomic mass is 15.0. The molecule has 1 atom stereocenters. The van der Waals surface area contributed by atoms with E-state index in [2.05, 4.69) is 30.0 Å². The quantitative estimate of drug-likeness (QED) is 0.606. The van der Waals surface area contributed by atoms with Crippen molar-refractivity contribution in [1.82, 2.24) is 4.90 Å². The first-order chi connectivity index (χ1) is 5.16. The van der Waals surface area contributed by atoms with Crippen LogP contribution in [0.5, 0.6) is 0 Å². The molecule has 1 N–H and O–H groups in total. The Bertz CT molecular complexity index is 141. The molecule has 0 spiro atoms. The van der Waals surface area contributed by atoms with E-state index < -0.39 is 0 Å². The van der Waals surface area contributed by atoms with Gasteiger partial charge in [-0.25, -0.2) is 10.4 Å². The van der Waals surface area contributed by atoms with E-state index in [1.165, 1.54) is 0 Å². The number of hydrogen-bond acceptors (Lipinski definition) is 3. The van der Waals surface area contributed by atoms with Crippen molar-refractivity contribution in [3.63, 3.8) is 0 Å². The summed E-state index contributed by atoms with van der Waals surface area (Å²) in [5.74, 6) is 0. The van der Waals surface area contributed by atoms with Crippen molar-refractivity contribution >= 4 is 6.01 Å². The predicted octanol–water partition coefficient (Wildman–Crippen LogP) is 1.72. The fraction of sp³-hybridized carbons (Fsp3) is 0.875. The predicted molar refractivity (Wildman–Crippen MR) is 49.5 cm³/mol. The van der Waals surface area contributed by atoms with Gasteiger partial charge in [-0.05, 0) is 40.4 Å². The third-order valence-electron chi connectivity index (χ3n) is 1.51. The van der Waals surface area contributed by atoms with Gasteiger partial charge in [0.1, 0.15) is 0 Å². The molecule has 0 heterocycles. The SMILES string of the molecule is CC(CCCN(C)C)N=C=N.[HH]. The van der Waals surface area contributed by atoms with Gasteiger partial charge < -0.3 is 4.90 Å². The summed E-state index contributed by atoms with van der Waals surface area (Å²) in [6, 6.07) is 2.32.